The maximum absolute atomic E-state index is 12.4. The summed E-state index contributed by atoms with van der Waals surface area (Å²) >= 11 is 1.56. The highest BCUT2D eigenvalue weighted by atomic mass is 127. The average molecular weight is 316 g/mol. The maximum atomic E-state index is 12.4. The number of allylic oxidation sites excluding steroid dienone is 1. The topological polar surface area (TPSA) is 0 Å². The van der Waals surface area contributed by atoms with Gasteiger partial charge in [-0.2, -0.15) is 13.2 Å². The van der Waals surface area contributed by atoms with E-state index in [9.17, 15) is 17.6 Å². The van der Waals surface area contributed by atoms with E-state index in [1.165, 1.54) is 12.1 Å². The number of hydrogen-bond acceptors (Lipinski definition) is 0. The SMILES string of the molecule is Fc1ccc(/C(I)=C\C(F)(F)F)cc1. The molecular formula is C9H5F4I. The first-order chi connectivity index (χ1) is 6.38. The third-order valence-corrected chi connectivity index (χ3v) is 2.34. The van der Waals surface area contributed by atoms with Crippen molar-refractivity contribution in [3.05, 3.63) is 41.7 Å². The van der Waals surface area contributed by atoms with Crippen LogP contribution in [0.4, 0.5) is 17.6 Å². The molecule has 14 heavy (non-hydrogen) atoms. The molecule has 0 aliphatic carbocycles. The first-order valence-electron chi connectivity index (χ1n) is 3.59. The summed E-state index contributed by atoms with van der Waals surface area (Å²) in [5.74, 6) is -0.468. The number of halogens is 5. The van der Waals surface area contributed by atoms with Gasteiger partial charge in [-0.15, -0.1) is 0 Å². The molecule has 0 aromatic heterocycles. The Bertz CT molecular complexity index is 337. The van der Waals surface area contributed by atoms with E-state index in [1.807, 2.05) is 0 Å². The standard InChI is InChI=1S/C9H5F4I/c10-7-3-1-6(2-4-7)8(14)5-9(11,12)13/h1-5H/b8-5+. The van der Waals surface area contributed by atoms with Gasteiger partial charge in [-0.3, -0.25) is 0 Å². The largest absolute Gasteiger partial charge is 0.410 e. The predicted octanol–water partition coefficient (Wildman–Crippen LogP) is 4.16. The Morgan fingerprint density at radius 3 is 2.07 bits per heavy atom. The lowest BCUT2D eigenvalue weighted by Gasteiger charge is -2.02. The van der Waals surface area contributed by atoms with Gasteiger partial charge in [-0.25, -0.2) is 4.39 Å². The number of rotatable bonds is 1. The van der Waals surface area contributed by atoms with Gasteiger partial charge in [0, 0.05) is 9.66 Å². The van der Waals surface area contributed by atoms with E-state index in [2.05, 4.69) is 0 Å². The Morgan fingerprint density at radius 1 is 1.14 bits per heavy atom. The van der Waals surface area contributed by atoms with Crippen molar-refractivity contribution >= 4 is 26.2 Å². The lowest BCUT2D eigenvalue weighted by molar-refractivity contribution is -0.0791. The quantitative estimate of drug-likeness (QED) is 0.539. The molecule has 1 rings (SSSR count). The fourth-order valence-corrected chi connectivity index (χ4v) is 1.55. The van der Waals surface area contributed by atoms with Crippen molar-refractivity contribution in [2.75, 3.05) is 0 Å². The molecule has 0 saturated carbocycles. The summed E-state index contributed by atoms with van der Waals surface area (Å²) in [6.45, 7) is 0. The number of hydrogen-bond donors (Lipinski definition) is 0. The summed E-state index contributed by atoms with van der Waals surface area (Å²) in [5.41, 5.74) is 0.351. The molecule has 76 valence electrons. The van der Waals surface area contributed by atoms with Gasteiger partial charge < -0.3 is 0 Å². The third kappa shape index (κ3) is 3.65. The molecule has 0 aliphatic heterocycles. The molecule has 0 aliphatic rings. The highest BCUT2D eigenvalue weighted by Crippen LogP contribution is 2.28. The van der Waals surface area contributed by atoms with Crippen molar-refractivity contribution in [3.8, 4) is 0 Å². The Kier molecular flexibility index (Phi) is 3.52. The van der Waals surface area contributed by atoms with Gasteiger partial charge in [-0.05, 0) is 40.3 Å². The van der Waals surface area contributed by atoms with E-state index in [-0.39, 0.29) is 9.66 Å². The molecule has 0 unspecified atom stereocenters. The highest BCUT2D eigenvalue weighted by Gasteiger charge is 2.24. The van der Waals surface area contributed by atoms with Gasteiger partial charge in [-0.1, -0.05) is 12.1 Å². The first-order valence-corrected chi connectivity index (χ1v) is 4.67. The smallest absolute Gasteiger partial charge is 0.207 e. The lowest BCUT2D eigenvalue weighted by Crippen LogP contribution is -2.01. The fraction of sp³-hybridized carbons (Fsp3) is 0.111. The van der Waals surface area contributed by atoms with Crippen molar-refractivity contribution in [2.45, 2.75) is 6.18 Å². The van der Waals surface area contributed by atoms with E-state index in [0.29, 0.717) is 5.56 Å². The molecule has 0 N–H and O–H groups in total. The minimum absolute atomic E-state index is 0.0371. The second kappa shape index (κ2) is 4.29. The summed E-state index contributed by atoms with van der Waals surface area (Å²) in [6.07, 6.45) is -4.16. The molecule has 1 aromatic carbocycles. The number of alkyl halides is 3. The van der Waals surface area contributed by atoms with E-state index in [0.717, 1.165) is 12.1 Å². The van der Waals surface area contributed by atoms with Crippen LogP contribution in [-0.4, -0.2) is 6.18 Å². The number of benzene rings is 1. The third-order valence-electron chi connectivity index (χ3n) is 1.41. The van der Waals surface area contributed by atoms with Crippen LogP contribution in [0.5, 0.6) is 0 Å². The zero-order chi connectivity index (χ0) is 10.8. The summed E-state index contributed by atoms with van der Waals surface area (Å²) < 4.78 is 48.2. The second-order valence-corrected chi connectivity index (χ2v) is 3.70. The van der Waals surface area contributed by atoms with E-state index in [4.69, 9.17) is 0 Å². The molecule has 1 aromatic rings. The van der Waals surface area contributed by atoms with Crippen molar-refractivity contribution in [3.63, 3.8) is 0 Å². The molecule has 0 fully saturated rings. The van der Waals surface area contributed by atoms with Crippen molar-refractivity contribution < 1.29 is 17.6 Å². The maximum Gasteiger partial charge on any atom is 0.410 e. The van der Waals surface area contributed by atoms with E-state index in [1.54, 1.807) is 22.6 Å². The van der Waals surface area contributed by atoms with Gasteiger partial charge in [0.05, 0.1) is 0 Å². The second-order valence-electron chi connectivity index (χ2n) is 2.54. The average Bonchev–Trinajstić information content (AvgIpc) is 2.02. The molecule has 0 saturated heterocycles. The monoisotopic (exact) mass is 316 g/mol. The van der Waals surface area contributed by atoms with Crippen LogP contribution >= 0.6 is 22.6 Å². The molecule has 0 nitrogen and oxygen atoms in total. The van der Waals surface area contributed by atoms with Crippen LogP contribution in [0, 0.1) is 5.82 Å². The zero-order valence-electron chi connectivity index (χ0n) is 6.78. The zero-order valence-corrected chi connectivity index (χ0v) is 8.93. The van der Waals surface area contributed by atoms with Crippen LogP contribution in [0.1, 0.15) is 5.56 Å². The van der Waals surface area contributed by atoms with Gasteiger partial charge in [0.1, 0.15) is 5.82 Å². The molecule has 0 heterocycles. The highest BCUT2D eigenvalue weighted by molar-refractivity contribution is 14.1. The van der Waals surface area contributed by atoms with Gasteiger partial charge >= 0.3 is 6.18 Å². The molecular weight excluding hydrogens is 311 g/mol. The van der Waals surface area contributed by atoms with Crippen LogP contribution in [0.2, 0.25) is 0 Å². The van der Waals surface area contributed by atoms with Crippen molar-refractivity contribution in [2.24, 2.45) is 0 Å². The molecule has 0 spiro atoms. The molecule has 0 amide bonds. The molecule has 0 bridgehead atoms. The van der Waals surface area contributed by atoms with Crippen molar-refractivity contribution in [1.29, 1.82) is 0 Å². The van der Waals surface area contributed by atoms with Gasteiger partial charge in [0.25, 0.3) is 0 Å². The Labute approximate surface area is 91.8 Å². The van der Waals surface area contributed by atoms with Gasteiger partial charge in [0.15, 0.2) is 0 Å². The minimum Gasteiger partial charge on any atom is -0.207 e. The normalized spacial score (nSPS) is 13.1. The van der Waals surface area contributed by atoms with Crippen LogP contribution < -0.4 is 0 Å². The van der Waals surface area contributed by atoms with E-state index >= 15 is 0 Å². The van der Waals surface area contributed by atoms with Gasteiger partial charge in [0.2, 0.25) is 0 Å². The Morgan fingerprint density at radius 2 is 1.64 bits per heavy atom. The van der Waals surface area contributed by atoms with Crippen LogP contribution in [0.15, 0.2) is 30.3 Å². The minimum atomic E-state index is -4.34. The van der Waals surface area contributed by atoms with Crippen LogP contribution in [-0.2, 0) is 0 Å². The Balaban J connectivity index is 2.95. The molecule has 5 heteroatoms. The Hall–Kier alpha value is -0.590. The summed E-state index contributed by atoms with van der Waals surface area (Å²) in [5, 5.41) is 0. The van der Waals surface area contributed by atoms with Crippen LogP contribution in [0.25, 0.3) is 3.58 Å². The van der Waals surface area contributed by atoms with E-state index < -0.39 is 12.0 Å². The molecule has 0 atom stereocenters. The van der Waals surface area contributed by atoms with Crippen LogP contribution in [0.3, 0.4) is 0 Å². The fourth-order valence-electron chi connectivity index (χ4n) is 0.836. The molecule has 0 radical (unpaired) electrons. The summed E-state index contributed by atoms with van der Waals surface area (Å²) in [7, 11) is 0. The van der Waals surface area contributed by atoms with Crippen molar-refractivity contribution in [1.82, 2.24) is 0 Å². The first kappa shape index (κ1) is 11.5. The summed E-state index contributed by atoms with van der Waals surface area (Å²) in [6, 6.07) is 4.86. The lowest BCUT2D eigenvalue weighted by atomic mass is 10.2. The summed E-state index contributed by atoms with van der Waals surface area (Å²) in [4.78, 5) is 0. The predicted molar refractivity (Wildman–Crippen MR) is 54.5 cm³/mol.